The van der Waals surface area contributed by atoms with Crippen LogP contribution in [0.3, 0.4) is 0 Å². The molecule has 2 atom stereocenters. The van der Waals surface area contributed by atoms with Crippen LogP contribution in [0.15, 0.2) is 4.99 Å². The van der Waals surface area contributed by atoms with Gasteiger partial charge >= 0.3 is 0 Å². The van der Waals surface area contributed by atoms with E-state index in [1.54, 1.807) is 0 Å². The van der Waals surface area contributed by atoms with Gasteiger partial charge in [-0.3, -0.25) is 9.89 Å². The lowest BCUT2D eigenvalue weighted by atomic mass is 10.2. The summed E-state index contributed by atoms with van der Waals surface area (Å²) in [6.07, 6.45) is 4.20. The van der Waals surface area contributed by atoms with Crippen molar-refractivity contribution in [3.05, 3.63) is 0 Å². The van der Waals surface area contributed by atoms with Crippen molar-refractivity contribution in [2.75, 3.05) is 39.3 Å². The molecule has 0 aromatic rings. The number of guanidine groups is 1. The molecule has 1 heterocycles. The molecule has 0 radical (unpaired) electrons. The fraction of sp³-hybridized carbons (Fsp3) is 0.938. The normalized spacial score (nSPS) is 23.0. The highest BCUT2D eigenvalue weighted by Gasteiger charge is 2.21. The molecule has 1 fully saturated rings. The van der Waals surface area contributed by atoms with E-state index < -0.39 is 0 Å². The molecule has 1 rings (SSSR count). The van der Waals surface area contributed by atoms with Gasteiger partial charge in [-0.05, 0) is 33.6 Å². The Morgan fingerprint density at radius 3 is 2.41 bits per heavy atom. The summed E-state index contributed by atoms with van der Waals surface area (Å²) in [5.41, 5.74) is 0. The Labute approximate surface area is 153 Å². The number of morpholine rings is 1. The van der Waals surface area contributed by atoms with E-state index in [2.05, 4.69) is 48.2 Å². The third-order valence-electron chi connectivity index (χ3n) is 3.56. The average molecular weight is 426 g/mol. The Hall–Kier alpha value is -0.0800. The monoisotopic (exact) mass is 426 g/mol. The van der Waals surface area contributed by atoms with Gasteiger partial charge in [0.1, 0.15) is 0 Å². The summed E-state index contributed by atoms with van der Waals surface area (Å²) < 4.78 is 5.76. The fourth-order valence-electron chi connectivity index (χ4n) is 2.68. The number of halogens is 1. The highest BCUT2D eigenvalue weighted by atomic mass is 127. The highest BCUT2D eigenvalue weighted by Crippen LogP contribution is 2.10. The number of ether oxygens (including phenoxy) is 1. The predicted octanol–water partition coefficient (Wildman–Crippen LogP) is 2.46. The van der Waals surface area contributed by atoms with Crippen molar-refractivity contribution in [2.45, 2.75) is 59.2 Å². The van der Waals surface area contributed by atoms with E-state index in [0.717, 1.165) is 51.6 Å². The number of aliphatic imine (C=N–C) groups is 1. The minimum Gasteiger partial charge on any atom is -0.373 e. The second-order valence-corrected chi connectivity index (χ2v) is 5.91. The number of nitrogens with zero attached hydrogens (tertiary/aromatic N) is 2. The molecular weight excluding hydrogens is 391 g/mol. The van der Waals surface area contributed by atoms with Crippen LogP contribution in [0.2, 0.25) is 0 Å². The molecular formula is C16H35IN4O. The van der Waals surface area contributed by atoms with Crippen LogP contribution in [0.4, 0.5) is 0 Å². The van der Waals surface area contributed by atoms with Gasteiger partial charge in [0.05, 0.1) is 12.2 Å². The lowest BCUT2D eigenvalue weighted by Gasteiger charge is -2.35. The van der Waals surface area contributed by atoms with Gasteiger partial charge in [0.15, 0.2) is 5.96 Å². The standard InChI is InChI=1S/C16H34N4O.HI/c1-5-7-9-18-16(17-6-2)19-10-8-11-20-12-14(3)21-15(4)13-20;/h14-15H,5-13H2,1-4H3,(H2,17,18,19);1H. The SMILES string of the molecule is CCCCNC(=NCCCN1CC(C)OC(C)C1)NCC.I. The van der Waals surface area contributed by atoms with E-state index in [0.29, 0.717) is 12.2 Å². The van der Waals surface area contributed by atoms with E-state index >= 15 is 0 Å². The summed E-state index contributed by atoms with van der Waals surface area (Å²) in [7, 11) is 0. The molecule has 0 aromatic carbocycles. The molecule has 0 bridgehead atoms. The molecule has 2 N–H and O–H groups in total. The molecule has 1 aliphatic rings. The van der Waals surface area contributed by atoms with Crippen molar-refractivity contribution in [3.63, 3.8) is 0 Å². The predicted molar refractivity (Wildman–Crippen MR) is 105 cm³/mol. The fourth-order valence-corrected chi connectivity index (χ4v) is 2.68. The lowest BCUT2D eigenvalue weighted by molar-refractivity contribution is -0.0679. The van der Waals surface area contributed by atoms with Gasteiger partial charge in [-0.1, -0.05) is 13.3 Å². The Balaban J connectivity index is 0.00000441. The Morgan fingerprint density at radius 1 is 1.14 bits per heavy atom. The van der Waals surface area contributed by atoms with E-state index in [4.69, 9.17) is 4.74 Å². The molecule has 22 heavy (non-hydrogen) atoms. The van der Waals surface area contributed by atoms with Crippen LogP contribution in [-0.2, 0) is 4.74 Å². The first-order valence-corrected chi connectivity index (χ1v) is 8.55. The van der Waals surface area contributed by atoms with Crippen LogP contribution in [0.5, 0.6) is 0 Å². The molecule has 132 valence electrons. The third kappa shape index (κ3) is 9.84. The van der Waals surface area contributed by atoms with Gasteiger partial charge < -0.3 is 15.4 Å². The van der Waals surface area contributed by atoms with Crippen molar-refractivity contribution in [2.24, 2.45) is 4.99 Å². The van der Waals surface area contributed by atoms with Crippen LogP contribution < -0.4 is 10.6 Å². The first-order valence-electron chi connectivity index (χ1n) is 8.55. The van der Waals surface area contributed by atoms with Gasteiger partial charge in [-0.25, -0.2) is 0 Å². The number of hydrogen-bond donors (Lipinski definition) is 2. The smallest absolute Gasteiger partial charge is 0.191 e. The molecule has 2 unspecified atom stereocenters. The summed E-state index contributed by atoms with van der Waals surface area (Å²) in [4.78, 5) is 7.14. The van der Waals surface area contributed by atoms with Crippen LogP contribution >= 0.6 is 24.0 Å². The van der Waals surface area contributed by atoms with Crippen molar-refractivity contribution in [1.29, 1.82) is 0 Å². The quantitative estimate of drug-likeness (QED) is 0.271. The van der Waals surface area contributed by atoms with Crippen LogP contribution in [0.1, 0.15) is 47.0 Å². The second kappa shape index (κ2) is 13.4. The molecule has 6 heteroatoms. The van der Waals surface area contributed by atoms with Gasteiger partial charge in [-0.15, -0.1) is 24.0 Å². The summed E-state index contributed by atoms with van der Waals surface area (Å²) in [6, 6.07) is 0. The molecule has 0 amide bonds. The maximum absolute atomic E-state index is 5.76. The molecule has 1 saturated heterocycles. The van der Waals surface area contributed by atoms with Crippen molar-refractivity contribution >= 4 is 29.9 Å². The van der Waals surface area contributed by atoms with E-state index in [1.165, 1.54) is 12.8 Å². The summed E-state index contributed by atoms with van der Waals surface area (Å²) >= 11 is 0. The number of unbranched alkanes of at least 4 members (excludes halogenated alkanes) is 1. The summed E-state index contributed by atoms with van der Waals surface area (Å²) in [5, 5.41) is 6.68. The van der Waals surface area contributed by atoms with Crippen LogP contribution in [0.25, 0.3) is 0 Å². The maximum atomic E-state index is 5.76. The lowest BCUT2D eigenvalue weighted by Crippen LogP contribution is -2.45. The zero-order valence-electron chi connectivity index (χ0n) is 14.7. The highest BCUT2D eigenvalue weighted by molar-refractivity contribution is 14.0. The molecule has 0 aromatic heterocycles. The maximum Gasteiger partial charge on any atom is 0.191 e. The topological polar surface area (TPSA) is 48.9 Å². The molecule has 5 nitrogen and oxygen atoms in total. The number of hydrogen-bond acceptors (Lipinski definition) is 3. The molecule has 0 aliphatic carbocycles. The minimum absolute atomic E-state index is 0. The second-order valence-electron chi connectivity index (χ2n) is 5.91. The van der Waals surface area contributed by atoms with Crippen LogP contribution in [0, 0.1) is 0 Å². The Morgan fingerprint density at radius 2 is 1.82 bits per heavy atom. The Kier molecular flexibility index (Phi) is 13.3. The largest absolute Gasteiger partial charge is 0.373 e. The minimum atomic E-state index is 0. The molecule has 1 aliphatic heterocycles. The first-order chi connectivity index (χ1) is 10.2. The summed E-state index contributed by atoms with van der Waals surface area (Å²) in [5.74, 6) is 0.953. The van der Waals surface area contributed by atoms with E-state index in [-0.39, 0.29) is 24.0 Å². The van der Waals surface area contributed by atoms with Gasteiger partial charge in [0.2, 0.25) is 0 Å². The average Bonchev–Trinajstić information content (AvgIpc) is 2.42. The van der Waals surface area contributed by atoms with Gasteiger partial charge in [-0.2, -0.15) is 0 Å². The van der Waals surface area contributed by atoms with E-state index in [1.807, 2.05) is 0 Å². The third-order valence-corrected chi connectivity index (χ3v) is 3.56. The molecule has 0 saturated carbocycles. The van der Waals surface area contributed by atoms with Gasteiger partial charge in [0.25, 0.3) is 0 Å². The van der Waals surface area contributed by atoms with Crippen molar-refractivity contribution < 1.29 is 4.74 Å². The first kappa shape index (κ1) is 21.9. The zero-order valence-corrected chi connectivity index (χ0v) is 17.1. The number of rotatable bonds is 8. The van der Waals surface area contributed by atoms with E-state index in [9.17, 15) is 0 Å². The van der Waals surface area contributed by atoms with Crippen molar-refractivity contribution in [3.8, 4) is 0 Å². The van der Waals surface area contributed by atoms with Crippen LogP contribution in [-0.4, -0.2) is 62.3 Å². The van der Waals surface area contributed by atoms with Gasteiger partial charge in [0, 0.05) is 39.3 Å². The Bertz CT molecular complexity index is 292. The van der Waals surface area contributed by atoms with Crippen molar-refractivity contribution in [1.82, 2.24) is 15.5 Å². The number of nitrogens with one attached hydrogen (secondary N) is 2. The zero-order chi connectivity index (χ0) is 15.5. The molecule has 0 spiro atoms. The summed E-state index contributed by atoms with van der Waals surface area (Å²) in [6.45, 7) is 14.6.